The number of phenolic OH excluding ortho intramolecular Hbond substituents is 1. The summed E-state index contributed by atoms with van der Waals surface area (Å²) in [7, 11) is 0. The minimum absolute atomic E-state index is 0.0137. The number of nitrogens with zero attached hydrogens (tertiary/aromatic N) is 1. The molecule has 0 amide bonds. The number of hydrogen-bond acceptors (Lipinski definition) is 5. The topological polar surface area (TPSA) is 68.1 Å². The fourth-order valence-corrected chi connectivity index (χ4v) is 2.86. The van der Waals surface area contributed by atoms with E-state index >= 15 is 0 Å². The molecule has 0 saturated carbocycles. The van der Waals surface area contributed by atoms with Crippen molar-refractivity contribution in [2.24, 2.45) is 4.99 Å². The zero-order valence-electron chi connectivity index (χ0n) is 10.9. The Morgan fingerprint density at radius 2 is 1.84 bits per heavy atom. The second-order valence-electron chi connectivity index (χ2n) is 5.12. The maximum atomic E-state index is 10.4. The first kappa shape index (κ1) is 12.1. The number of fused-ring (bicyclic) bond motifs is 2. The van der Waals surface area contributed by atoms with E-state index in [1.807, 2.05) is 13.8 Å². The summed E-state index contributed by atoms with van der Waals surface area (Å²) >= 11 is 0. The Morgan fingerprint density at radius 1 is 1.21 bits per heavy atom. The third-order valence-corrected chi connectivity index (χ3v) is 3.61. The second-order valence-corrected chi connectivity index (χ2v) is 5.12. The molecule has 0 aromatic heterocycles. The highest BCUT2D eigenvalue weighted by Gasteiger charge is 2.35. The van der Waals surface area contributed by atoms with Crippen LogP contribution in [0.5, 0.6) is 17.2 Å². The van der Waals surface area contributed by atoms with Crippen LogP contribution in [0.1, 0.15) is 30.5 Å². The molecule has 2 atom stereocenters. The predicted octanol–water partition coefficient (Wildman–Crippen LogP) is 1.87. The smallest absolute Gasteiger partial charge is 0.235 e. The number of rotatable bonds is 2. The minimum Gasteiger partial charge on any atom is -0.504 e. The number of phenols is 1. The van der Waals surface area contributed by atoms with Crippen LogP contribution in [-0.2, 0) is 24.2 Å². The summed E-state index contributed by atoms with van der Waals surface area (Å²) in [6.07, 6.45) is 2.91. The molecule has 3 rings (SSSR count). The average Bonchev–Trinajstić information content (AvgIpc) is 2.93. The molecular weight excluding hydrogens is 246 g/mol. The SMILES string of the molecule is CC1Cc2c(CN=C=O)c3c(c(O)c2O1)CC(C)O3. The van der Waals surface area contributed by atoms with E-state index in [0.29, 0.717) is 24.3 Å². The van der Waals surface area contributed by atoms with Crippen LogP contribution < -0.4 is 9.47 Å². The fourth-order valence-electron chi connectivity index (χ4n) is 2.86. The molecule has 2 heterocycles. The van der Waals surface area contributed by atoms with Crippen molar-refractivity contribution >= 4 is 6.08 Å². The Morgan fingerprint density at radius 3 is 2.53 bits per heavy atom. The number of benzene rings is 1. The number of aliphatic imine (C=N–C) groups is 1. The first-order chi connectivity index (χ1) is 9.11. The zero-order chi connectivity index (χ0) is 13.6. The third kappa shape index (κ3) is 1.78. The van der Waals surface area contributed by atoms with Crippen LogP contribution in [0.4, 0.5) is 0 Å². The van der Waals surface area contributed by atoms with Crippen LogP contribution in [0.25, 0.3) is 0 Å². The van der Waals surface area contributed by atoms with Gasteiger partial charge in [-0.3, -0.25) is 0 Å². The quantitative estimate of drug-likeness (QED) is 0.652. The molecule has 5 heteroatoms. The van der Waals surface area contributed by atoms with Gasteiger partial charge in [0.05, 0.1) is 6.54 Å². The van der Waals surface area contributed by atoms with Gasteiger partial charge in [0.1, 0.15) is 18.0 Å². The number of aromatic hydroxyl groups is 1. The summed E-state index contributed by atoms with van der Waals surface area (Å²) in [5.74, 6) is 1.37. The van der Waals surface area contributed by atoms with Crippen LogP contribution in [-0.4, -0.2) is 23.4 Å². The molecular formula is C14H15NO4. The Hall–Kier alpha value is -2.00. The lowest BCUT2D eigenvalue weighted by atomic mass is 9.97. The first-order valence-electron chi connectivity index (χ1n) is 6.38. The monoisotopic (exact) mass is 261 g/mol. The largest absolute Gasteiger partial charge is 0.504 e. The second kappa shape index (κ2) is 4.28. The molecule has 1 aromatic carbocycles. The molecule has 0 fully saturated rings. The predicted molar refractivity (Wildman–Crippen MR) is 67.5 cm³/mol. The average molecular weight is 261 g/mol. The minimum atomic E-state index is 0.0137. The van der Waals surface area contributed by atoms with E-state index < -0.39 is 0 Å². The van der Waals surface area contributed by atoms with Crippen molar-refractivity contribution in [2.45, 2.75) is 45.4 Å². The van der Waals surface area contributed by atoms with Crippen molar-refractivity contribution in [3.63, 3.8) is 0 Å². The van der Waals surface area contributed by atoms with Crippen molar-refractivity contribution in [1.82, 2.24) is 0 Å². The number of isocyanates is 1. The van der Waals surface area contributed by atoms with Crippen molar-refractivity contribution in [3.8, 4) is 17.2 Å². The lowest BCUT2D eigenvalue weighted by Crippen LogP contribution is -2.07. The Labute approximate surface area is 110 Å². The van der Waals surface area contributed by atoms with Crippen molar-refractivity contribution in [3.05, 3.63) is 16.7 Å². The molecule has 5 nitrogen and oxygen atoms in total. The van der Waals surface area contributed by atoms with Crippen LogP contribution in [0.15, 0.2) is 4.99 Å². The van der Waals surface area contributed by atoms with Crippen molar-refractivity contribution in [1.29, 1.82) is 0 Å². The Balaban J connectivity index is 2.20. The fraction of sp³-hybridized carbons (Fsp3) is 0.500. The maximum Gasteiger partial charge on any atom is 0.235 e. The summed E-state index contributed by atoms with van der Waals surface area (Å²) in [6, 6.07) is 0. The number of hydrogen-bond donors (Lipinski definition) is 1. The summed E-state index contributed by atoms with van der Waals surface area (Å²) in [5, 5.41) is 10.3. The highest BCUT2D eigenvalue weighted by atomic mass is 16.5. The van der Waals surface area contributed by atoms with Gasteiger partial charge in [-0.2, -0.15) is 0 Å². The summed E-state index contributed by atoms with van der Waals surface area (Å²) in [4.78, 5) is 14.0. The van der Waals surface area contributed by atoms with Crippen LogP contribution in [0.3, 0.4) is 0 Å². The van der Waals surface area contributed by atoms with Crippen LogP contribution >= 0.6 is 0 Å². The van der Waals surface area contributed by atoms with Crippen LogP contribution in [0.2, 0.25) is 0 Å². The standard InChI is InChI=1S/C14H15NO4/c1-7-3-9-11(5-15-6-16)13-10(4-8(2)18-13)12(17)14(9)19-7/h7-8,17H,3-5H2,1-2H3. The van der Waals surface area contributed by atoms with Crippen molar-refractivity contribution < 1.29 is 19.4 Å². The third-order valence-electron chi connectivity index (χ3n) is 3.61. The van der Waals surface area contributed by atoms with E-state index in [2.05, 4.69) is 4.99 Å². The molecule has 19 heavy (non-hydrogen) atoms. The summed E-state index contributed by atoms with van der Waals surface area (Å²) in [5.41, 5.74) is 2.51. The molecule has 2 aliphatic heterocycles. The van der Waals surface area contributed by atoms with Gasteiger partial charge in [-0.25, -0.2) is 9.79 Å². The van der Waals surface area contributed by atoms with Crippen molar-refractivity contribution in [2.75, 3.05) is 0 Å². The number of carbonyl (C=O) groups excluding carboxylic acids is 1. The molecule has 2 unspecified atom stereocenters. The molecule has 100 valence electrons. The molecule has 0 saturated heterocycles. The first-order valence-corrected chi connectivity index (χ1v) is 6.38. The molecule has 0 spiro atoms. The van der Waals surface area contributed by atoms with Gasteiger partial charge in [0.25, 0.3) is 0 Å². The normalized spacial score (nSPS) is 23.1. The zero-order valence-corrected chi connectivity index (χ0v) is 10.9. The van der Waals surface area contributed by atoms with E-state index in [9.17, 15) is 9.90 Å². The van der Waals surface area contributed by atoms with Gasteiger partial charge in [-0.15, -0.1) is 0 Å². The van der Waals surface area contributed by atoms with E-state index in [0.717, 1.165) is 16.7 Å². The van der Waals surface area contributed by atoms with Gasteiger partial charge in [0, 0.05) is 29.5 Å². The lowest BCUT2D eigenvalue weighted by molar-refractivity contribution is 0.244. The van der Waals surface area contributed by atoms with Crippen LogP contribution in [0, 0.1) is 0 Å². The highest BCUT2D eigenvalue weighted by molar-refractivity contribution is 5.65. The van der Waals surface area contributed by atoms with Gasteiger partial charge in [0.15, 0.2) is 11.5 Å². The molecule has 2 aliphatic rings. The molecule has 0 aliphatic carbocycles. The van der Waals surface area contributed by atoms with Gasteiger partial charge in [-0.05, 0) is 13.8 Å². The summed E-state index contributed by atoms with van der Waals surface area (Å²) in [6.45, 7) is 4.11. The Kier molecular flexibility index (Phi) is 2.72. The highest BCUT2D eigenvalue weighted by Crippen LogP contribution is 2.50. The Bertz CT molecular complexity index is 551. The molecule has 0 radical (unpaired) electrons. The molecule has 0 bridgehead atoms. The number of ether oxygens (including phenoxy) is 2. The van der Waals surface area contributed by atoms with Gasteiger partial charge in [-0.1, -0.05) is 0 Å². The van der Waals surface area contributed by atoms with E-state index in [1.54, 1.807) is 6.08 Å². The summed E-state index contributed by atoms with van der Waals surface area (Å²) < 4.78 is 11.4. The van der Waals surface area contributed by atoms with Gasteiger partial charge < -0.3 is 14.6 Å². The molecule has 1 N–H and O–H groups in total. The van der Waals surface area contributed by atoms with E-state index in [-0.39, 0.29) is 24.5 Å². The molecule has 1 aromatic rings. The maximum absolute atomic E-state index is 10.4. The van der Waals surface area contributed by atoms with E-state index in [1.165, 1.54) is 0 Å². The van der Waals surface area contributed by atoms with Gasteiger partial charge in [0.2, 0.25) is 6.08 Å². The van der Waals surface area contributed by atoms with Gasteiger partial charge >= 0.3 is 0 Å². The van der Waals surface area contributed by atoms with E-state index in [4.69, 9.17) is 9.47 Å². The lowest BCUT2D eigenvalue weighted by Gasteiger charge is -2.13.